The van der Waals surface area contributed by atoms with Gasteiger partial charge in [-0.05, 0) is 41.7 Å². The molecule has 0 bridgehead atoms. The zero-order chi connectivity index (χ0) is 24.2. The van der Waals surface area contributed by atoms with Crippen molar-refractivity contribution in [1.82, 2.24) is 0 Å². The predicted octanol–water partition coefficient (Wildman–Crippen LogP) is 1.39. The van der Waals surface area contributed by atoms with E-state index in [1.807, 2.05) is 12.1 Å². The van der Waals surface area contributed by atoms with E-state index in [-0.39, 0.29) is 6.10 Å². The third-order valence-corrected chi connectivity index (χ3v) is 6.56. The smallest absolute Gasteiger partial charge is 0.127 e. The molecule has 0 amide bonds. The highest BCUT2D eigenvalue weighted by molar-refractivity contribution is 5.51. The van der Waals surface area contributed by atoms with Gasteiger partial charge >= 0.3 is 0 Å². The van der Waals surface area contributed by atoms with Crippen LogP contribution in [0.15, 0.2) is 36.4 Å². The Kier molecular flexibility index (Phi) is 7.84. The van der Waals surface area contributed by atoms with Crippen LogP contribution in [-0.4, -0.2) is 70.8 Å². The van der Waals surface area contributed by atoms with Crippen molar-refractivity contribution >= 4 is 0 Å². The van der Waals surface area contributed by atoms with Crippen LogP contribution in [0.4, 0.5) is 0 Å². The van der Waals surface area contributed by atoms with Gasteiger partial charge in [-0.25, -0.2) is 0 Å². The number of hydrogen-bond acceptors (Lipinski definition) is 8. The molecular weight excluding hydrogens is 438 g/mol. The molecular formula is C26H31NO7. The average Bonchev–Trinajstić information content (AvgIpc) is 3.37. The van der Waals surface area contributed by atoms with Crippen molar-refractivity contribution in [3.05, 3.63) is 64.2 Å². The molecule has 2 aromatic carbocycles. The first kappa shape index (κ1) is 24.6. The van der Waals surface area contributed by atoms with E-state index in [0.29, 0.717) is 48.5 Å². The van der Waals surface area contributed by atoms with Crippen molar-refractivity contribution < 1.29 is 34.6 Å². The summed E-state index contributed by atoms with van der Waals surface area (Å²) < 4.78 is 17.4. The maximum absolute atomic E-state index is 10.8. The average molecular weight is 470 g/mol. The van der Waals surface area contributed by atoms with Gasteiger partial charge in [-0.1, -0.05) is 31.2 Å². The first-order chi connectivity index (χ1) is 16.4. The quantitative estimate of drug-likeness (QED) is 0.478. The van der Waals surface area contributed by atoms with Crippen LogP contribution in [-0.2, 0) is 22.3 Å². The minimum absolute atomic E-state index is 0.220. The third kappa shape index (κ3) is 5.10. The first-order valence-corrected chi connectivity index (χ1v) is 11.6. The number of ether oxygens (including phenoxy) is 3. The number of rotatable bonds is 7. The zero-order valence-corrected chi connectivity index (χ0v) is 19.1. The van der Waals surface area contributed by atoms with Gasteiger partial charge in [-0.2, -0.15) is 5.26 Å². The first-order valence-electron chi connectivity index (χ1n) is 11.6. The minimum atomic E-state index is -1.51. The molecule has 8 heteroatoms. The van der Waals surface area contributed by atoms with Gasteiger partial charge in [0.15, 0.2) is 0 Å². The number of aryl methyl sites for hydroxylation is 1. The van der Waals surface area contributed by atoms with Crippen molar-refractivity contribution in [2.24, 2.45) is 0 Å². The van der Waals surface area contributed by atoms with Crippen LogP contribution in [0.5, 0.6) is 5.75 Å². The molecule has 2 fully saturated rings. The molecule has 4 N–H and O–H groups in total. The molecule has 2 heterocycles. The Morgan fingerprint density at radius 2 is 1.79 bits per heavy atom. The lowest BCUT2D eigenvalue weighted by molar-refractivity contribution is -0.232. The molecule has 34 heavy (non-hydrogen) atoms. The second-order valence-corrected chi connectivity index (χ2v) is 8.86. The highest BCUT2D eigenvalue weighted by Gasteiger charge is 2.45. The summed E-state index contributed by atoms with van der Waals surface area (Å²) in [7, 11) is 0. The third-order valence-electron chi connectivity index (χ3n) is 6.56. The van der Waals surface area contributed by atoms with E-state index in [2.05, 4.69) is 25.1 Å². The molecule has 0 radical (unpaired) electrons. The number of nitriles is 1. The van der Waals surface area contributed by atoms with Crippen LogP contribution in [0.1, 0.15) is 47.3 Å². The Labute approximate surface area is 198 Å². The molecule has 8 nitrogen and oxygen atoms in total. The molecule has 2 aliphatic heterocycles. The van der Waals surface area contributed by atoms with Gasteiger partial charge in [-0.3, -0.25) is 0 Å². The normalized spacial score (nSPS) is 29.1. The van der Waals surface area contributed by atoms with Gasteiger partial charge in [0.1, 0.15) is 42.4 Å². The van der Waals surface area contributed by atoms with E-state index in [1.54, 1.807) is 12.1 Å². The summed E-state index contributed by atoms with van der Waals surface area (Å²) >= 11 is 0. The Morgan fingerprint density at radius 3 is 2.41 bits per heavy atom. The summed E-state index contributed by atoms with van der Waals surface area (Å²) in [6.45, 7) is 2.53. The molecule has 0 unspecified atom stereocenters. The summed E-state index contributed by atoms with van der Waals surface area (Å²) in [6.07, 6.45) is -4.67. The number of nitrogens with zero attached hydrogens (tertiary/aromatic N) is 1. The minimum Gasteiger partial charge on any atom is -0.487 e. The number of aliphatic hydroxyl groups is 4. The molecule has 4 rings (SSSR count). The molecule has 0 aliphatic carbocycles. The van der Waals surface area contributed by atoms with Crippen LogP contribution in [0.2, 0.25) is 0 Å². The molecule has 2 aromatic rings. The van der Waals surface area contributed by atoms with E-state index in [9.17, 15) is 25.7 Å². The van der Waals surface area contributed by atoms with E-state index in [1.165, 1.54) is 5.56 Å². The van der Waals surface area contributed by atoms with Crippen molar-refractivity contribution in [3.63, 3.8) is 0 Å². The van der Waals surface area contributed by atoms with Gasteiger partial charge < -0.3 is 34.6 Å². The van der Waals surface area contributed by atoms with Crippen LogP contribution in [0.25, 0.3) is 0 Å². The van der Waals surface area contributed by atoms with Crippen molar-refractivity contribution in [3.8, 4) is 11.8 Å². The van der Waals surface area contributed by atoms with E-state index in [4.69, 9.17) is 14.2 Å². The van der Waals surface area contributed by atoms with Crippen LogP contribution >= 0.6 is 0 Å². The Bertz CT molecular complexity index is 1010. The Balaban J connectivity index is 1.74. The largest absolute Gasteiger partial charge is 0.487 e. The van der Waals surface area contributed by atoms with Gasteiger partial charge in [0.2, 0.25) is 0 Å². The fraction of sp³-hybridized carbons (Fsp3) is 0.500. The standard InChI is InChI=1S/C26H31NO7/c1-2-15-3-5-16(6-4-15)9-17-10-20(26-25(31)24(30)23(29)22(13-28)34-26)21(11-18(17)12-27)33-19-7-8-32-14-19/h3-6,10-11,19,22-26,28-31H,2,7-9,13-14H2,1H3/t19-,22+,23+,24-,25+,26-/m0/s1. The van der Waals surface area contributed by atoms with E-state index < -0.39 is 37.1 Å². The summed E-state index contributed by atoms with van der Waals surface area (Å²) in [6, 6.07) is 13.8. The molecule has 2 aliphatic rings. The van der Waals surface area contributed by atoms with Crippen LogP contribution in [0.3, 0.4) is 0 Å². The van der Waals surface area contributed by atoms with Gasteiger partial charge in [-0.15, -0.1) is 0 Å². The molecule has 182 valence electrons. The number of aliphatic hydroxyl groups excluding tert-OH is 4. The Morgan fingerprint density at radius 1 is 1.06 bits per heavy atom. The summed E-state index contributed by atoms with van der Waals surface area (Å²) in [5.41, 5.74) is 3.83. The molecule has 6 atom stereocenters. The second-order valence-electron chi connectivity index (χ2n) is 8.86. The van der Waals surface area contributed by atoms with Crippen molar-refractivity contribution in [2.75, 3.05) is 19.8 Å². The summed E-state index contributed by atoms with van der Waals surface area (Å²) in [4.78, 5) is 0. The molecule has 0 saturated carbocycles. The van der Waals surface area contributed by atoms with Crippen molar-refractivity contribution in [2.45, 2.75) is 62.8 Å². The molecule has 0 spiro atoms. The Hall–Kier alpha value is -2.51. The monoisotopic (exact) mass is 469 g/mol. The van der Waals surface area contributed by atoms with Gasteiger partial charge in [0, 0.05) is 12.0 Å². The lowest BCUT2D eigenvalue weighted by Crippen LogP contribution is -2.55. The highest BCUT2D eigenvalue weighted by Crippen LogP contribution is 2.39. The fourth-order valence-corrected chi connectivity index (χ4v) is 4.48. The summed E-state index contributed by atoms with van der Waals surface area (Å²) in [5.74, 6) is 0.349. The van der Waals surface area contributed by atoms with Gasteiger partial charge in [0.25, 0.3) is 0 Å². The highest BCUT2D eigenvalue weighted by atomic mass is 16.6. The molecule has 0 aromatic heterocycles. The van der Waals surface area contributed by atoms with Crippen LogP contribution < -0.4 is 4.74 Å². The number of hydrogen-bond donors (Lipinski definition) is 4. The summed E-state index contributed by atoms with van der Waals surface area (Å²) in [5, 5.41) is 50.8. The van der Waals surface area contributed by atoms with Crippen molar-refractivity contribution in [1.29, 1.82) is 5.26 Å². The maximum Gasteiger partial charge on any atom is 0.127 e. The van der Waals surface area contributed by atoms with Gasteiger partial charge in [0.05, 0.1) is 31.5 Å². The lowest BCUT2D eigenvalue weighted by Gasteiger charge is -2.40. The number of benzene rings is 2. The maximum atomic E-state index is 10.8. The lowest BCUT2D eigenvalue weighted by atomic mass is 9.88. The zero-order valence-electron chi connectivity index (χ0n) is 19.1. The predicted molar refractivity (Wildman–Crippen MR) is 122 cm³/mol. The SMILES string of the molecule is CCc1ccc(Cc2cc([C@@H]3O[C@H](CO)[C@@H](O)[C@H](O)[C@H]3O)c(O[C@H]3CCOC3)cc2C#N)cc1. The topological polar surface area (TPSA) is 132 Å². The second kappa shape index (κ2) is 10.8. The fourth-order valence-electron chi connectivity index (χ4n) is 4.48. The van der Waals surface area contributed by atoms with E-state index in [0.717, 1.165) is 12.0 Å². The molecule has 2 saturated heterocycles. The van der Waals surface area contributed by atoms with E-state index >= 15 is 0 Å². The van der Waals surface area contributed by atoms with Crippen LogP contribution in [0, 0.1) is 11.3 Å².